The number of halogens is 3. The van der Waals surface area contributed by atoms with Crippen molar-refractivity contribution < 1.29 is 32.2 Å². The van der Waals surface area contributed by atoms with E-state index in [1.54, 1.807) is 25.1 Å². The number of ether oxygens (including phenoxy) is 2. The molecule has 0 spiro atoms. The summed E-state index contributed by atoms with van der Waals surface area (Å²) in [5.74, 6) is -0.927. The third-order valence-corrected chi connectivity index (χ3v) is 7.07. The van der Waals surface area contributed by atoms with E-state index in [1.807, 2.05) is 0 Å². The highest BCUT2D eigenvalue weighted by atomic mass is 32.2. The SMILES string of the molecule is CCOC(=O)c1ccccc1NC(=O)CSc1nc2c(c(=O)n1-c1ccc(OC(F)(F)F)cc1)SCC2. The Kier molecular flexibility index (Phi) is 8.13. The second kappa shape index (κ2) is 11.3. The van der Waals surface area contributed by atoms with Crippen molar-refractivity contribution in [2.24, 2.45) is 0 Å². The summed E-state index contributed by atoms with van der Waals surface area (Å²) in [4.78, 5) is 43.2. The zero-order chi connectivity index (χ0) is 26.6. The third kappa shape index (κ3) is 6.46. The van der Waals surface area contributed by atoms with Crippen LogP contribution in [0.25, 0.3) is 5.69 Å². The smallest absolute Gasteiger partial charge is 0.462 e. The quantitative estimate of drug-likeness (QED) is 0.245. The number of nitrogens with zero attached hydrogens (tertiary/aromatic N) is 2. The Bertz CT molecular complexity index is 1380. The summed E-state index contributed by atoms with van der Waals surface area (Å²) < 4.78 is 47.8. The number of fused-ring (bicyclic) bond motifs is 1. The van der Waals surface area contributed by atoms with Gasteiger partial charge in [-0.3, -0.25) is 14.2 Å². The first-order valence-electron chi connectivity index (χ1n) is 11.0. The van der Waals surface area contributed by atoms with Crippen LogP contribution >= 0.6 is 23.5 Å². The molecule has 2 heterocycles. The molecular formula is C24H20F3N3O5S2. The number of carbonyl (C=O) groups excluding carboxylic acids is 2. The van der Waals surface area contributed by atoms with Crippen LogP contribution in [0.1, 0.15) is 23.0 Å². The largest absolute Gasteiger partial charge is 0.573 e. The number of para-hydroxylation sites is 1. The molecule has 0 bridgehead atoms. The van der Waals surface area contributed by atoms with E-state index >= 15 is 0 Å². The maximum absolute atomic E-state index is 13.2. The van der Waals surface area contributed by atoms with Gasteiger partial charge in [0, 0.05) is 12.2 Å². The Morgan fingerprint density at radius 1 is 1.16 bits per heavy atom. The standard InChI is InChI=1S/C24H20F3N3O5S2/c1-2-34-22(33)16-5-3-4-6-17(16)28-19(31)13-37-23-29-18-11-12-36-20(18)21(32)30(23)14-7-9-15(10-8-14)35-24(25,26)27/h3-10H,2,11-13H2,1H3,(H,28,31). The zero-order valence-electron chi connectivity index (χ0n) is 19.3. The average molecular weight is 552 g/mol. The maximum Gasteiger partial charge on any atom is 0.573 e. The minimum atomic E-state index is -4.84. The fraction of sp³-hybridized carbons (Fsp3) is 0.250. The number of alkyl halides is 3. The van der Waals surface area contributed by atoms with Crippen LogP contribution in [0.2, 0.25) is 0 Å². The second-order valence-corrected chi connectivity index (χ2v) is 9.60. The number of anilines is 1. The molecule has 3 aromatic rings. The van der Waals surface area contributed by atoms with E-state index in [2.05, 4.69) is 15.0 Å². The molecule has 0 unspecified atom stereocenters. The number of rotatable bonds is 8. The molecule has 194 valence electrons. The minimum absolute atomic E-state index is 0.148. The number of thioether (sulfide) groups is 2. The second-order valence-electron chi connectivity index (χ2n) is 7.55. The lowest BCUT2D eigenvalue weighted by Crippen LogP contribution is -2.25. The normalized spacial score (nSPS) is 12.6. The topological polar surface area (TPSA) is 99.5 Å². The van der Waals surface area contributed by atoms with Gasteiger partial charge in [0.2, 0.25) is 5.91 Å². The van der Waals surface area contributed by atoms with Crippen molar-refractivity contribution in [1.82, 2.24) is 9.55 Å². The van der Waals surface area contributed by atoms with Crippen molar-refractivity contribution in [2.45, 2.75) is 29.8 Å². The van der Waals surface area contributed by atoms with Crippen LogP contribution in [-0.4, -0.2) is 45.9 Å². The van der Waals surface area contributed by atoms with E-state index in [0.717, 1.165) is 23.9 Å². The molecule has 1 aliphatic rings. The summed E-state index contributed by atoms with van der Waals surface area (Å²) in [5.41, 5.74) is 1.00. The van der Waals surface area contributed by atoms with Gasteiger partial charge in [-0.25, -0.2) is 9.78 Å². The zero-order valence-corrected chi connectivity index (χ0v) is 21.0. The van der Waals surface area contributed by atoms with Crippen LogP contribution in [0, 0.1) is 0 Å². The molecule has 0 fully saturated rings. The Morgan fingerprint density at radius 3 is 2.59 bits per heavy atom. The van der Waals surface area contributed by atoms with Crippen LogP contribution in [0.4, 0.5) is 18.9 Å². The van der Waals surface area contributed by atoms with Crippen molar-refractivity contribution in [3.63, 3.8) is 0 Å². The molecule has 1 N–H and O–H groups in total. The summed E-state index contributed by atoms with van der Waals surface area (Å²) in [6, 6.07) is 11.2. The Labute approximate surface area is 217 Å². The van der Waals surface area contributed by atoms with Gasteiger partial charge in [-0.15, -0.1) is 24.9 Å². The van der Waals surface area contributed by atoms with E-state index < -0.39 is 24.0 Å². The summed E-state index contributed by atoms with van der Waals surface area (Å²) in [5, 5.41) is 2.89. The number of hydrogen-bond donors (Lipinski definition) is 1. The molecule has 13 heteroatoms. The highest BCUT2D eigenvalue weighted by Gasteiger charge is 2.31. The van der Waals surface area contributed by atoms with Crippen molar-refractivity contribution in [3.8, 4) is 11.4 Å². The van der Waals surface area contributed by atoms with Crippen molar-refractivity contribution in [1.29, 1.82) is 0 Å². The number of aromatic nitrogens is 2. The number of nitrogens with one attached hydrogen (secondary N) is 1. The Hall–Kier alpha value is -3.45. The first kappa shape index (κ1) is 26.6. The monoisotopic (exact) mass is 551 g/mol. The fourth-order valence-electron chi connectivity index (χ4n) is 3.51. The molecule has 0 radical (unpaired) electrons. The van der Waals surface area contributed by atoms with Crippen molar-refractivity contribution >= 4 is 41.1 Å². The van der Waals surface area contributed by atoms with E-state index in [-0.39, 0.29) is 40.0 Å². The van der Waals surface area contributed by atoms with Crippen molar-refractivity contribution in [2.75, 3.05) is 23.4 Å². The Morgan fingerprint density at radius 2 is 1.89 bits per heavy atom. The number of esters is 1. The lowest BCUT2D eigenvalue weighted by Gasteiger charge is -2.15. The first-order valence-corrected chi connectivity index (χ1v) is 13.0. The number of aryl methyl sites for hydroxylation is 1. The average Bonchev–Trinajstić information content (AvgIpc) is 3.32. The van der Waals surface area contributed by atoms with Crippen LogP contribution in [0.3, 0.4) is 0 Å². The molecule has 1 aliphatic heterocycles. The molecule has 2 aromatic carbocycles. The molecule has 1 amide bonds. The third-order valence-electron chi connectivity index (χ3n) is 5.02. The molecule has 0 saturated heterocycles. The van der Waals surface area contributed by atoms with Crippen LogP contribution in [0.5, 0.6) is 5.75 Å². The van der Waals surface area contributed by atoms with Gasteiger partial charge in [0.25, 0.3) is 5.56 Å². The van der Waals surface area contributed by atoms with Crippen LogP contribution in [-0.2, 0) is 16.0 Å². The van der Waals surface area contributed by atoms with E-state index in [9.17, 15) is 27.6 Å². The van der Waals surface area contributed by atoms with E-state index in [1.165, 1.54) is 34.5 Å². The number of benzene rings is 2. The maximum atomic E-state index is 13.2. The Balaban J connectivity index is 1.57. The lowest BCUT2D eigenvalue weighted by atomic mass is 10.2. The predicted molar refractivity (Wildman–Crippen MR) is 133 cm³/mol. The molecule has 0 saturated carbocycles. The number of amides is 1. The summed E-state index contributed by atoms with van der Waals surface area (Å²) in [6.07, 6.45) is -4.26. The molecule has 0 atom stereocenters. The van der Waals surface area contributed by atoms with Gasteiger partial charge in [0.15, 0.2) is 5.16 Å². The first-order chi connectivity index (χ1) is 17.7. The van der Waals surface area contributed by atoms with Crippen molar-refractivity contribution in [3.05, 3.63) is 70.1 Å². The highest BCUT2D eigenvalue weighted by molar-refractivity contribution is 8.00. The van der Waals surface area contributed by atoms with E-state index in [0.29, 0.717) is 22.8 Å². The molecule has 4 rings (SSSR count). The summed E-state index contributed by atoms with van der Waals surface area (Å²) in [7, 11) is 0. The molecule has 8 nitrogen and oxygen atoms in total. The van der Waals surface area contributed by atoms with E-state index in [4.69, 9.17) is 4.74 Å². The van der Waals surface area contributed by atoms with Crippen LogP contribution < -0.4 is 15.6 Å². The lowest BCUT2D eigenvalue weighted by molar-refractivity contribution is -0.274. The number of carbonyl (C=O) groups is 2. The fourth-order valence-corrected chi connectivity index (χ4v) is 5.36. The van der Waals surface area contributed by atoms with Gasteiger partial charge >= 0.3 is 12.3 Å². The predicted octanol–water partition coefficient (Wildman–Crippen LogP) is 4.69. The van der Waals surface area contributed by atoms with Gasteiger partial charge in [0.05, 0.1) is 39.9 Å². The van der Waals surface area contributed by atoms with Crippen LogP contribution in [0.15, 0.2) is 63.4 Å². The molecular weight excluding hydrogens is 531 g/mol. The minimum Gasteiger partial charge on any atom is -0.462 e. The van der Waals surface area contributed by atoms with Gasteiger partial charge in [-0.1, -0.05) is 23.9 Å². The highest BCUT2D eigenvalue weighted by Crippen LogP contribution is 2.31. The molecule has 37 heavy (non-hydrogen) atoms. The summed E-state index contributed by atoms with van der Waals surface area (Å²) >= 11 is 2.35. The van der Waals surface area contributed by atoms with Gasteiger partial charge < -0.3 is 14.8 Å². The van der Waals surface area contributed by atoms with Gasteiger partial charge in [-0.2, -0.15) is 0 Å². The number of hydrogen-bond acceptors (Lipinski definition) is 8. The molecule has 0 aliphatic carbocycles. The van der Waals surface area contributed by atoms with Gasteiger partial charge in [0.1, 0.15) is 5.75 Å². The molecule has 1 aromatic heterocycles. The van der Waals surface area contributed by atoms with Gasteiger partial charge in [-0.05, 0) is 43.3 Å². The summed E-state index contributed by atoms with van der Waals surface area (Å²) in [6.45, 7) is 1.86.